The van der Waals surface area contributed by atoms with Crippen molar-refractivity contribution in [2.24, 2.45) is 0 Å². The molecule has 1 aliphatic heterocycles. The van der Waals surface area contributed by atoms with Crippen LogP contribution >= 0.6 is 0 Å². The molecule has 5 heteroatoms. The van der Waals surface area contributed by atoms with Gasteiger partial charge in [-0.15, -0.1) is 0 Å². The standard InChI is InChI=1S/C20H26N4O/c25-20(23-12-11-22-19-5-4-10-21-15-19)18-8-6-17(7-9-18)16-24-13-2-1-3-14-24/h4-10,15,22H,1-3,11-14,16H2,(H,23,25). The van der Waals surface area contributed by atoms with Gasteiger partial charge in [-0.05, 0) is 55.8 Å². The molecule has 1 amide bonds. The Labute approximate surface area is 149 Å². The number of amides is 1. The molecule has 1 aromatic heterocycles. The monoisotopic (exact) mass is 338 g/mol. The first kappa shape index (κ1) is 17.4. The number of carbonyl (C=O) groups excluding carboxylic acids is 1. The molecule has 2 aromatic rings. The molecular formula is C20H26N4O. The van der Waals surface area contributed by atoms with Crippen LogP contribution in [-0.4, -0.2) is 42.0 Å². The molecule has 2 heterocycles. The van der Waals surface area contributed by atoms with Crippen LogP contribution in [-0.2, 0) is 6.54 Å². The lowest BCUT2D eigenvalue weighted by Crippen LogP contribution is -2.29. The molecule has 0 aliphatic carbocycles. The molecule has 0 atom stereocenters. The van der Waals surface area contributed by atoms with Crippen LogP contribution in [0, 0.1) is 0 Å². The van der Waals surface area contributed by atoms with Gasteiger partial charge < -0.3 is 10.6 Å². The van der Waals surface area contributed by atoms with E-state index in [0.29, 0.717) is 18.7 Å². The van der Waals surface area contributed by atoms with Crippen LogP contribution in [0.3, 0.4) is 0 Å². The second-order valence-electron chi connectivity index (χ2n) is 6.46. The maximum absolute atomic E-state index is 12.2. The minimum absolute atomic E-state index is 0.0301. The van der Waals surface area contributed by atoms with Gasteiger partial charge in [0.05, 0.1) is 5.69 Å². The lowest BCUT2D eigenvalue weighted by molar-refractivity contribution is 0.0955. The summed E-state index contributed by atoms with van der Waals surface area (Å²) in [4.78, 5) is 18.7. The van der Waals surface area contributed by atoms with Crippen LogP contribution in [0.2, 0.25) is 0 Å². The molecule has 0 unspecified atom stereocenters. The summed E-state index contributed by atoms with van der Waals surface area (Å²) < 4.78 is 0. The van der Waals surface area contributed by atoms with Crippen LogP contribution in [0.1, 0.15) is 35.2 Å². The first-order valence-electron chi connectivity index (χ1n) is 9.05. The quantitative estimate of drug-likeness (QED) is 0.762. The first-order valence-corrected chi connectivity index (χ1v) is 9.05. The highest BCUT2D eigenvalue weighted by Crippen LogP contribution is 2.13. The fourth-order valence-corrected chi connectivity index (χ4v) is 3.09. The fraction of sp³-hybridized carbons (Fsp3) is 0.400. The number of anilines is 1. The average Bonchev–Trinajstić information content (AvgIpc) is 2.67. The van der Waals surface area contributed by atoms with Crippen molar-refractivity contribution in [3.63, 3.8) is 0 Å². The van der Waals surface area contributed by atoms with E-state index in [1.165, 1.54) is 37.9 Å². The summed E-state index contributed by atoms with van der Waals surface area (Å²) in [7, 11) is 0. The Bertz CT molecular complexity index is 651. The number of rotatable bonds is 7. The third-order valence-corrected chi connectivity index (χ3v) is 4.47. The zero-order chi connectivity index (χ0) is 17.3. The zero-order valence-corrected chi connectivity index (χ0v) is 14.6. The van der Waals surface area contributed by atoms with E-state index in [9.17, 15) is 4.79 Å². The number of aromatic nitrogens is 1. The van der Waals surface area contributed by atoms with Crippen molar-refractivity contribution < 1.29 is 4.79 Å². The highest BCUT2D eigenvalue weighted by atomic mass is 16.1. The molecule has 132 valence electrons. The van der Waals surface area contributed by atoms with Gasteiger partial charge in [-0.2, -0.15) is 0 Å². The van der Waals surface area contributed by atoms with Crippen LogP contribution in [0.4, 0.5) is 5.69 Å². The molecule has 1 aromatic carbocycles. The summed E-state index contributed by atoms with van der Waals surface area (Å²) in [5, 5.41) is 6.16. The Morgan fingerprint density at radius 2 is 1.84 bits per heavy atom. The Morgan fingerprint density at radius 3 is 2.56 bits per heavy atom. The second kappa shape index (κ2) is 9.18. The van der Waals surface area contributed by atoms with Gasteiger partial charge in [0.25, 0.3) is 5.91 Å². The first-order chi connectivity index (χ1) is 12.3. The molecule has 5 nitrogen and oxygen atoms in total. The molecule has 3 rings (SSSR count). The van der Waals surface area contributed by atoms with Crippen molar-refractivity contribution >= 4 is 11.6 Å². The molecule has 0 saturated carbocycles. The van der Waals surface area contributed by atoms with Gasteiger partial charge in [-0.25, -0.2) is 0 Å². The van der Waals surface area contributed by atoms with E-state index in [2.05, 4.69) is 32.7 Å². The smallest absolute Gasteiger partial charge is 0.251 e. The predicted molar refractivity (Wildman–Crippen MR) is 101 cm³/mol. The van der Waals surface area contributed by atoms with Crippen molar-refractivity contribution in [2.45, 2.75) is 25.8 Å². The van der Waals surface area contributed by atoms with Crippen molar-refractivity contribution in [2.75, 3.05) is 31.5 Å². The number of hydrogen-bond acceptors (Lipinski definition) is 4. The van der Waals surface area contributed by atoms with Crippen LogP contribution in [0.5, 0.6) is 0 Å². The summed E-state index contributed by atoms with van der Waals surface area (Å²) in [5.41, 5.74) is 2.94. The predicted octanol–water partition coefficient (Wildman–Crippen LogP) is 2.91. The Kier molecular flexibility index (Phi) is 6.40. The maximum Gasteiger partial charge on any atom is 0.251 e. The minimum Gasteiger partial charge on any atom is -0.382 e. The van der Waals surface area contributed by atoms with Gasteiger partial charge in [0.2, 0.25) is 0 Å². The van der Waals surface area contributed by atoms with E-state index >= 15 is 0 Å². The second-order valence-corrected chi connectivity index (χ2v) is 6.46. The molecule has 0 spiro atoms. The average molecular weight is 338 g/mol. The summed E-state index contributed by atoms with van der Waals surface area (Å²) in [6.45, 7) is 4.60. The third kappa shape index (κ3) is 5.57. The number of likely N-dealkylation sites (tertiary alicyclic amines) is 1. The number of hydrogen-bond donors (Lipinski definition) is 2. The lowest BCUT2D eigenvalue weighted by Gasteiger charge is -2.26. The SMILES string of the molecule is O=C(NCCNc1cccnc1)c1ccc(CN2CCCCC2)cc1. The topological polar surface area (TPSA) is 57.3 Å². The Morgan fingerprint density at radius 1 is 1.04 bits per heavy atom. The summed E-state index contributed by atoms with van der Waals surface area (Å²) in [5.74, 6) is -0.0301. The molecule has 2 N–H and O–H groups in total. The summed E-state index contributed by atoms with van der Waals surface area (Å²) in [6, 6.07) is 11.8. The minimum atomic E-state index is -0.0301. The fourth-order valence-electron chi connectivity index (χ4n) is 3.09. The third-order valence-electron chi connectivity index (χ3n) is 4.47. The number of benzene rings is 1. The largest absolute Gasteiger partial charge is 0.382 e. The summed E-state index contributed by atoms with van der Waals surface area (Å²) >= 11 is 0. The van der Waals surface area contributed by atoms with E-state index in [-0.39, 0.29) is 5.91 Å². The van der Waals surface area contributed by atoms with Crippen molar-refractivity contribution in [3.8, 4) is 0 Å². The van der Waals surface area contributed by atoms with E-state index < -0.39 is 0 Å². The van der Waals surface area contributed by atoms with Crippen molar-refractivity contribution in [1.82, 2.24) is 15.2 Å². The molecule has 0 bridgehead atoms. The molecular weight excluding hydrogens is 312 g/mol. The molecule has 1 aliphatic rings. The lowest BCUT2D eigenvalue weighted by atomic mass is 10.1. The Hall–Kier alpha value is -2.40. The number of carbonyl (C=O) groups is 1. The van der Waals surface area contributed by atoms with Gasteiger partial charge in [-0.3, -0.25) is 14.7 Å². The van der Waals surface area contributed by atoms with Crippen LogP contribution in [0.25, 0.3) is 0 Å². The van der Waals surface area contributed by atoms with E-state index in [4.69, 9.17) is 0 Å². The van der Waals surface area contributed by atoms with Crippen LogP contribution < -0.4 is 10.6 Å². The van der Waals surface area contributed by atoms with Gasteiger partial charge in [0, 0.05) is 37.6 Å². The normalized spacial score (nSPS) is 14.9. The van der Waals surface area contributed by atoms with Gasteiger partial charge in [0.15, 0.2) is 0 Å². The van der Waals surface area contributed by atoms with Gasteiger partial charge in [0.1, 0.15) is 0 Å². The molecule has 25 heavy (non-hydrogen) atoms. The number of nitrogens with zero attached hydrogens (tertiary/aromatic N) is 2. The van der Waals surface area contributed by atoms with Gasteiger partial charge in [-0.1, -0.05) is 18.6 Å². The zero-order valence-electron chi connectivity index (χ0n) is 14.6. The van der Waals surface area contributed by atoms with Crippen molar-refractivity contribution in [1.29, 1.82) is 0 Å². The van der Waals surface area contributed by atoms with Gasteiger partial charge >= 0.3 is 0 Å². The maximum atomic E-state index is 12.2. The highest BCUT2D eigenvalue weighted by molar-refractivity contribution is 5.94. The Balaban J connectivity index is 1.41. The molecule has 1 fully saturated rings. The molecule has 0 radical (unpaired) electrons. The summed E-state index contributed by atoms with van der Waals surface area (Å²) in [6.07, 6.45) is 7.46. The number of piperidine rings is 1. The number of pyridine rings is 1. The highest BCUT2D eigenvalue weighted by Gasteiger charge is 2.11. The number of nitrogens with one attached hydrogen (secondary N) is 2. The molecule has 1 saturated heterocycles. The van der Waals surface area contributed by atoms with Crippen molar-refractivity contribution in [3.05, 3.63) is 59.9 Å². The van der Waals surface area contributed by atoms with Crippen LogP contribution in [0.15, 0.2) is 48.8 Å². The van der Waals surface area contributed by atoms with E-state index in [1.807, 2.05) is 24.3 Å². The van der Waals surface area contributed by atoms with E-state index in [0.717, 1.165) is 12.2 Å². The van der Waals surface area contributed by atoms with E-state index in [1.54, 1.807) is 12.4 Å².